The highest BCUT2D eigenvalue weighted by Gasteiger charge is 2.16. The largest absolute Gasteiger partial charge is 0.505 e. The first kappa shape index (κ1) is 25.6. The van der Waals surface area contributed by atoms with Crippen molar-refractivity contribution in [1.29, 1.82) is 0 Å². The van der Waals surface area contributed by atoms with Crippen molar-refractivity contribution in [2.45, 2.75) is 39.5 Å². The van der Waals surface area contributed by atoms with Gasteiger partial charge < -0.3 is 9.84 Å². The van der Waals surface area contributed by atoms with E-state index >= 15 is 0 Å². The number of aryl methyl sites for hydroxylation is 1. The molecule has 1 rings (SSSR count). The number of hydrogen-bond donors (Lipinski definition) is 1. The van der Waals surface area contributed by atoms with Gasteiger partial charge in [-0.05, 0) is 48.3 Å². The molecule has 0 amide bonds. The number of hydrogen-bond acceptors (Lipinski definition) is 2. The lowest BCUT2D eigenvalue weighted by molar-refractivity contribution is 0.307. The molecule has 0 spiro atoms. The standard InChI is InChI=1S/C21H27F3O2.C2H4/c1-13(7-9-17-10-11-19(25)21(24)20(17)23)6-8-14(2)16(4)18(22)12-15(3)26-5;1-2/h10-14,25H,3-4,6-9H2,1-2,5H3;1-2H2/b18-12+;. The number of benzene rings is 1. The van der Waals surface area contributed by atoms with E-state index in [9.17, 15) is 13.2 Å². The fourth-order valence-electron chi connectivity index (χ4n) is 2.56. The third kappa shape index (κ3) is 8.07. The van der Waals surface area contributed by atoms with Crippen molar-refractivity contribution in [2.75, 3.05) is 7.11 Å². The minimum absolute atomic E-state index is 0.0544. The van der Waals surface area contributed by atoms with Gasteiger partial charge in [0.25, 0.3) is 0 Å². The van der Waals surface area contributed by atoms with E-state index in [1.165, 1.54) is 19.3 Å². The first-order valence-corrected chi connectivity index (χ1v) is 9.12. The summed E-state index contributed by atoms with van der Waals surface area (Å²) in [5.41, 5.74) is 0.638. The average Bonchev–Trinajstić information content (AvgIpc) is 2.70. The summed E-state index contributed by atoms with van der Waals surface area (Å²) >= 11 is 0. The molecule has 2 nitrogen and oxygen atoms in total. The van der Waals surface area contributed by atoms with Crippen LogP contribution in [0.25, 0.3) is 0 Å². The van der Waals surface area contributed by atoms with Crippen molar-refractivity contribution in [3.63, 3.8) is 0 Å². The molecular formula is C23H31F3O2. The van der Waals surface area contributed by atoms with Gasteiger partial charge in [-0.15, -0.1) is 13.2 Å². The second-order valence-electron chi connectivity index (χ2n) is 6.68. The molecule has 1 aromatic rings. The molecule has 5 heteroatoms. The van der Waals surface area contributed by atoms with Crippen molar-refractivity contribution < 1.29 is 23.0 Å². The Kier molecular flexibility index (Phi) is 11.8. The van der Waals surface area contributed by atoms with Gasteiger partial charge in [-0.1, -0.05) is 39.5 Å². The molecule has 0 fully saturated rings. The van der Waals surface area contributed by atoms with Gasteiger partial charge in [0.1, 0.15) is 11.6 Å². The number of aromatic hydroxyl groups is 1. The third-order valence-corrected chi connectivity index (χ3v) is 4.59. The lowest BCUT2D eigenvalue weighted by atomic mass is 9.89. The van der Waals surface area contributed by atoms with E-state index in [4.69, 9.17) is 9.84 Å². The van der Waals surface area contributed by atoms with Crippen LogP contribution in [-0.4, -0.2) is 12.2 Å². The number of phenolic OH excluding ortho intramolecular Hbond substituents is 1. The van der Waals surface area contributed by atoms with E-state index in [1.807, 2.05) is 13.8 Å². The van der Waals surface area contributed by atoms with E-state index < -0.39 is 23.2 Å². The summed E-state index contributed by atoms with van der Waals surface area (Å²) in [6.07, 6.45) is 3.79. The van der Waals surface area contributed by atoms with E-state index in [2.05, 4.69) is 26.3 Å². The molecule has 0 radical (unpaired) electrons. The van der Waals surface area contributed by atoms with Gasteiger partial charge in [0.15, 0.2) is 11.6 Å². The molecular weight excluding hydrogens is 365 g/mol. The number of allylic oxidation sites excluding steroid dienone is 3. The summed E-state index contributed by atoms with van der Waals surface area (Å²) in [6, 6.07) is 2.56. The summed E-state index contributed by atoms with van der Waals surface area (Å²) in [4.78, 5) is 0. The zero-order valence-corrected chi connectivity index (χ0v) is 17.0. The first-order valence-electron chi connectivity index (χ1n) is 9.12. The molecule has 0 heterocycles. The smallest absolute Gasteiger partial charge is 0.200 e. The minimum atomic E-state index is -1.21. The highest BCUT2D eigenvalue weighted by molar-refractivity contribution is 5.30. The molecule has 156 valence electrons. The van der Waals surface area contributed by atoms with E-state index in [0.717, 1.165) is 18.9 Å². The van der Waals surface area contributed by atoms with Crippen LogP contribution in [0.15, 0.2) is 61.7 Å². The Bertz CT molecular complexity index is 695. The second kappa shape index (κ2) is 12.9. The van der Waals surface area contributed by atoms with Crippen molar-refractivity contribution in [3.8, 4) is 5.75 Å². The highest BCUT2D eigenvalue weighted by atomic mass is 19.2. The van der Waals surface area contributed by atoms with Crippen LogP contribution in [0, 0.1) is 23.5 Å². The van der Waals surface area contributed by atoms with Crippen LogP contribution in [0.1, 0.15) is 38.7 Å². The molecule has 1 N–H and O–H groups in total. The maximum Gasteiger partial charge on any atom is 0.200 e. The van der Waals surface area contributed by atoms with E-state index in [1.54, 1.807) is 0 Å². The molecule has 0 saturated heterocycles. The van der Waals surface area contributed by atoms with E-state index in [0.29, 0.717) is 18.4 Å². The molecule has 1 aromatic carbocycles. The molecule has 0 aliphatic carbocycles. The Balaban J connectivity index is 0.00000352. The molecule has 0 aliphatic heterocycles. The minimum Gasteiger partial charge on any atom is -0.505 e. The number of halogens is 3. The van der Waals surface area contributed by atoms with Crippen molar-refractivity contribution in [2.24, 2.45) is 11.8 Å². The van der Waals surface area contributed by atoms with Gasteiger partial charge in [0.05, 0.1) is 7.11 Å². The van der Waals surface area contributed by atoms with Crippen LogP contribution >= 0.6 is 0 Å². The summed E-state index contributed by atoms with van der Waals surface area (Å²) in [6.45, 7) is 17.2. The molecule has 2 atom stereocenters. The Morgan fingerprint density at radius 2 is 1.71 bits per heavy atom. The maximum absolute atomic E-state index is 14.0. The lowest BCUT2D eigenvalue weighted by Gasteiger charge is -2.17. The maximum atomic E-state index is 14.0. The van der Waals surface area contributed by atoms with Gasteiger partial charge in [-0.3, -0.25) is 0 Å². The summed E-state index contributed by atoms with van der Waals surface area (Å²) in [5, 5.41) is 9.14. The summed E-state index contributed by atoms with van der Waals surface area (Å²) < 4.78 is 45.9. The van der Waals surface area contributed by atoms with Gasteiger partial charge in [0.2, 0.25) is 5.82 Å². The monoisotopic (exact) mass is 396 g/mol. The van der Waals surface area contributed by atoms with Crippen molar-refractivity contribution >= 4 is 0 Å². The molecule has 0 saturated carbocycles. The fraction of sp³-hybridized carbons (Fsp3) is 0.391. The fourth-order valence-corrected chi connectivity index (χ4v) is 2.56. The molecule has 0 bridgehead atoms. The molecule has 0 aromatic heterocycles. The summed E-state index contributed by atoms with van der Waals surface area (Å²) in [7, 11) is 1.42. The Hall–Kier alpha value is -2.43. The normalized spacial score (nSPS) is 13.1. The van der Waals surface area contributed by atoms with Gasteiger partial charge in [-0.25, -0.2) is 8.78 Å². The first-order chi connectivity index (χ1) is 13.2. The predicted molar refractivity (Wildman–Crippen MR) is 110 cm³/mol. The topological polar surface area (TPSA) is 29.5 Å². The summed E-state index contributed by atoms with van der Waals surface area (Å²) in [5.74, 6) is -2.91. The van der Waals surface area contributed by atoms with Gasteiger partial charge >= 0.3 is 0 Å². The van der Waals surface area contributed by atoms with Crippen LogP contribution in [0.2, 0.25) is 0 Å². The van der Waals surface area contributed by atoms with Crippen LogP contribution in [-0.2, 0) is 11.2 Å². The SMILES string of the molecule is C=C.C=C(/C=C(/F)C(=C)C(C)CCC(C)CCc1ccc(O)c(F)c1F)OC. The molecule has 28 heavy (non-hydrogen) atoms. The second-order valence-corrected chi connectivity index (χ2v) is 6.68. The van der Waals surface area contributed by atoms with Crippen molar-refractivity contribution in [3.05, 3.63) is 78.9 Å². The number of phenols is 1. The zero-order chi connectivity index (χ0) is 21.9. The molecule has 0 aliphatic rings. The average molecular weight is 396 g/mol. The Morgan fingerprint density at radius 1 is 1.11 bits per heavy atom. The van der Waals surface area contributed by atoms with Crippen LogP contribution in [0.3, 0.4) is 0 Å². The number of ether oxygens (including phenoxy) is 1. The number of rotatable bonds is 10. The van der Waals surface area contributed by atoms with Crippen LogP contribution < -0.4 is 0 Å². The zero-order valence-electron chi connectivity index (χ0n) is 17.0. The third-order valence-electron chi connectivity index (χ3n) is 4.59. The van der Waals surface area contributed by atoms with Gasteiger partial charge in [0, 0.05) is 6.08 Å². The molecule has 2 unspecified atom stereocenters. The Morgan fingerprint density at radius 3 is 2.29 bits per heavy atom. The quantitative estimate of drug-likeness (QED) is 0.261. The van der Waals surface area contributed by atoms with Crippen molar-refractivity contribution in [1.82, 2.24) is 0 Å². The predicted octanol–water partition coefficient (Wildman–Crippen LogP) is 7.03. The van der Waals surface area contributed by atoms with E-state index in [-0.39, 0.29) is 23.2 Å². The van der Waals surface area contributed by atoms with Crippen LogP contribution in [0.4, 0.5) is 13.2 Å². The number of methoxy groups -OCH3 is 1. The Labute approximate surface area is 166 Å². The van der Waals surface area contributed by atoms with Crippen LogP contribution in [0.5, 0.6) is 5.75 Å². The van der Waals surface area contributed by atoms with Gasteiger partial charge in [-0.2, -0.15) is 4.39 Å². The lowest BCUT2D eigenvalue weighted by Crippen LogP contribution is -2.05. The highest BCUT2D eigenvalue weighted by Crippen LogP contribution is 2.28.